The Morgan fingerprint density at radius 2 is 2.00 bits per heavy atom. The van der Waals surface area contributed by atoms with Crippen LogP contribution in [-0.2, 0) is 0 Å². The van der Waals surface area contributed by atoms with Crippen molar-refractivity contribution in [3.05, 3.63) is 24.3 Å². The molecule has 2 N–H and O–H groups in total. The smallest absolute Gasteiger partial charge is 0.122 e. The summed E-state index contributed by atoms with van der Waals surface area (Å²) in [5.41, 5.74) is -0.183. The zero-order valence-corrected chi connectivity index (χ0v) is 13.1. The second-order valence-corrected chi connectivity index (χ2v) is 6.00. The minimum absolute atomic E-state index is 0.170. The van der Waals surface area contributed by atoms with Crippen LogP contribution in [0, 0.1) is 0 Å². The lowest BCUT2D eigenvalue weighted by atomic mass is 9.97. The van der Waals surface area contributed by atoms with Crippen LogP contribution in [-0.4, -0.2) is 36.5 Å². The van der Waals surface area contributed by atoms with Gasteiger partial charge < -0.3 is 19.9 Å². The molecule has 4 heteroatoms. The molecule has 118 valence electrons. The summed E-state index contributed by atoms with van der Waals surface area (Å²) >= 11 is 0. The lowest BCUT2D eigenvalue weighted by Gasteiger charge is -2.29. The molecular weight excluding hydrogens is 266 g/mol. The van der Waals surface area contributed by atoms with E-state index < -0.39 is 0 Å². The molecule has 2 rings (SSSR count). The molecule has 0 bridgehead atoms. The van der Waals surface area contributed by atoms with Crippen molar-refractivity contribution in [3.8, 4) is 11.5 Å². The summed E-state index contributed by atoms with van der Waals surface area (Å²) in [5.74, 6) is 1.67. The second-order valence-electron chi connectivity index (χ2n) is 6.00. The maximum atomic E-state index is 9.55. The molecule has 1 fully saturated rings. The fourth-order valence-electron chi connectivity index (χ4n) is 2.39. The van der Waals surface area contributed by atoms with Gasteiger partial charge in [-0.25, -0.2) is 0 Å². The van der Waals surface area contributed by atoms with Gasteiger partial charge in [0.1, 0.15) is 11.5 Å². The molecule has 1 saturated carbocycles. The molecule has 1 aromatic rings. The Bertz CT molecular complexity index is 434. The predicted octanol–water partition coefficient (Wildman–Crippen LogP) is 2.75. The van der Waals surface area contributed by atoms with E-state index in [1.54, 1.807) is 0 Å². The van der Waals surface area contributed by atoms with Gasteiger partial charge in [0, 0.05) is 17.6 Å². The fraction of sp³-hybridized carbons (Fsp3) is 0.647. The Labute approximate surface area is 127 Å². The predicted molar refractivity (Wildman–Crippen MR) is 84.0 cm³/mol. The molecule has 4 nitrogen and oxygen atoms in total. The van der Waals surface area contributed by atoms with Crippen LogP contribution >= 0.6 is 0 Å². The number of hydrogen-bond donors (Lipinski definition) is 2. The van der Waals surface area contributed by atoms with Gasteiger partial charge in [-0.05, 0) is 51.7 Å². The van der Waals surface area contributed by atoms with E-state index in [0.717, 1.165) is 24.3 Å². The lowest BCUT2D eigenvalue weighted by molar-refractivity contribution is 0.154. The van der Waals surface area contributed by atoms with Crippen LogP contribution in [0.1, 0.15) is 39.5 Å². The SMILES string of the molecule is CCOc1cccc(OCCCC(C)(CO)NC2CC2)c1. The van der Waals surface area contributed by atoms with Gasteiger partial charge in [0.2, 0.25) is 0 Å². The van der Waals surface area contributed by atoms with Gasteiger partial charge in [-0.1, -0.05) is 6.07 Å². The average Bonchev–Trinajstić information content (AvgIpc) is 3.28. The van der Waals surface area contributed by atoms with E-state index in [1.807, 2.05) is 31.2 Å². The molecule has 0 heterocycles. The molecule has 0 aliphatic heterocycles. The van der Waals surface area contributed by atoms with E-state index in [0.29, 0.717) is 19.3 Å². The summed E-state index contributed by atoms with van der Waals surface area (Å²) in [6.07, 6.45) is 4.29. The highest BCUT2D eigenvalue weighted by molar-refractivity contribution is 5.32. The van der Waals surface area contributed by atoms with Crippen LogP contribution in [0.3, 0.4) is 0 Å². The molecule has 0 saturated heterocycles. The molecule has 1 aliphatic rings. The maximum absolute atomic E-state index is 9.55. The zero-order valence-electron chi connectivity index (χ0n) is 13.1. The molecule has 0 amide bonds. The van der Waals surface area contributed by atoms with Crippen molar-refractivity contribution in [2.24, 2.45) is 0 Å². The molecule has 0 aromatic heterocycles. The van der Waals surface area contributed by atoms with Gasteiger partial charge in [0.05, 0.1) is 19.8 Å². The van der Waals surface area contributed by atoms with Gasteiger partial charge >= 0.3 is 0 Å². The third kappa shape index (κ3) is 5.56. The Kier molecular flexibility index (Phi) is 5.88. The van der Waals surface area contributed by atoms with Crippen LogP contribution in [0.15, 0.2) is 24.3 Å². The van der Waals surface area contributed by atoms with Gasteiger partial charge in [-0.2, -0.15) is 0 Å². The van der Waals surface area contributed by atoms with Crippen LogP contribution < -0.4 is 14.8 Å². The van der Waals surface area contributed by atoms with E-state index in [1.165, 1.54) is 12.8 Å². The fourth-order valence-corrected chi connectivity index (χ4v) is 2.39. The molecule has 1 aliphatic carbocycles. The second kappa shape index (κ2) is 7.66. The van der Waals surface area contributed by atoms with Crippen LogP contribution in [0.4, 0.5) is 0 Å². The van der Waals surface area contributed by atoms with Crippen LogP contribution in [0.25, 0.3) is 0 Å². The molecule has 21 heavy (non-hydrogen) atoms. The number of hydrogen-bond acceptors (Lipinski definition) is 4. The monoisotopic (exact) mass is 293 g/mol. The summed E-state index contributed by atoms with van der Waals surface area (Å²) in [6, 6.07) is 8.32. The van der Waals surface area contributed by atoms with Gasteiger partial charge in [-0.15, -0.1) is 0 Å². The minimum atomic E-state index is -0.183. The topological polar surface area (TPSA) is 50.7 Å². The number of aliphatic hydroxyl groups is 1. The summed E-state index contributed by atoms with van der Waals surface area (Å²) in [6.45, 7) is 5.53. The normalized spacial score (nSPS) is 17.3. The van der Waals surface area contributed by atoms with Crippen molar-refractivity contribution in [1.29, 1.82) is 0 Å². The Morgan fingerprint density at radius 3 is 2.62 bits per heavy atom. The third-order valence-electron chi connectivity index (χ3n) is 3.74. The summed E-state index contributed by atoms with van der Waals surface area (Å²) < 4.78 is 11.2. The number of nitrogens with one attached hydrogen (secondary N) is 1. The van der Waals surface area contributed by atoms with Crippen LogP contribution in [0.2, 0.25) is 0 Å². The first-order valence-electron chi connectivity index (χ1n) is 7.89. The quantitative estimate of drug-likeness (QED) is 0.651. The highest BCUT2D eigenvalue weighted by Gasteiger charge is 2.31. The van der Waals surface area contributed by atoms with Crippen molar-refractivity contribution in [1.82, 2.24) is 5.32 Å². The van der Waals surface area contributed by atoms with Crippen molar-refractivity contribution in [2.75, 3.05) is 19.8 Å². The Hall–Kier alpha value is -1.26. The van der Waals surface area contributed by atoms with E-state index in [2.05, 4.69) is 12.2 Å². The van der Waals surface area contributed by atoms with Crippen LogP contribution in [0.5, 0.6) is 11.5 Å². The van der Waals surface area contributed by atoms with Gasteiger partial charge in [0.25, 0.3) is 0 Å². The van der Waals surface area contributed by atoms with E-state index in [9.17, 15) is 5.11 Å². The Balaban J connectivity index is 1.71. The third-order valence-corrected chi connectivity index (χ3v) is 3.74. The molecule has 1 unspecified atom stereocenters. The van der Waals surface area contributed by atoms with Crippen molar-refractivity contribution in [3.63, 3.8) is 0 Å². The zero-order chi connectivity index (χ0) is 15.1. The van der Waals surface area contributed by atoms with Crippen molar-refractivity contribution < 1.29 is 14.6 Å². The number of rotatable bonds is 10. The standard InChI is InChI=1S/C17H27NO3/c1-3-20-15-6-4-7-16(12-15)21-11-5-10-17(2,13-19)18-14-8-9-14/h4,6-7,12,14,18-19H,3,5,8-11,13H2,1-2H3. The van der Waals surface area contributed by atoms with Crippen molar-refractivity contribution in [2.45, 2.75) is 51.1 Å². The summed E-state index contributed by atoms with van der Waals surface area (Å²) in [4.78, 5) is 0. The largest absolute Gasteiger partial charge is 0.494 e. The first-order valence-corrected chi connectivity index (χ1v) is 7.89. The van der Waals surface area contributed by atoms with E-state index in [4.69, 9.17) is 9.47 Å². The molecule has 1 aromatic carbocycles. The van der Waals surface area contributed by atoms with Gasteiger partial charge in [0.15, 0.2) is 0 Å². The Morgan fingerprint density at radius 1 is 1.29 bits per heavy atom. The lowest BCUT2D eigenvalue weighted by Crippen LogP contribution is -2.47. The van der Waals surface area contributed by atoms with Gasteiger partial charge in [-0.3, -0.25) is 0 Å². The first-order chi connectivity index (χ1) is 10.1. The summed E-state index contributed by atoms with van der Waals surface area (Å²) in [7, 11) is 0. The molecule has 0 spiro atoms. The molecule has 0 radical (unpaired) electrons. The first kappa shape index (κ1) is 16.1. The average molecular weight is 293 g/mol. The number of benzene rings is 1. The number of ether oxygens (including phenoxy) is 2. The number of aliphatic hydroxyl groups excluding tert-OH is 1. The minimum Gasteiger partial charge on any atom is -0.494 e. The van der Waals surface area contributed by atoms with Crippen molar-refractivity contribution >= 4 is 0 Å². The van der Waals surface area contributed by atoms with E-state index >= 15 is 0 Å². The van der Waals surface area contributed by atoms with E-state index in [-0.39, 0.29) is 12.1 Å². The molecular formula is C17H27NO3. The highest BCUT2D eigenvalue weighted by Crippen LogP contribution is 2.25. The molecule has 1 atom stereocenters. The summed E-state index contributed by atoms with van der Waals surface area (Å²) in [5, 5.41) is 13.1. The highest BCUT2D eigenvalue weighted by atomic mass is 16.5. The maximum Gasteiger partial charge on any atom is 0.122 e.